The molecule has 0 saturated heterocycles. The summed E-state index contributed by atoms with van der Waals surface area (Å²) in [6, 6.07) is 12.0. The molecule has 0 bridgehead atoms. The van der Waals surface area contributed by atoms with Gasteiger partial charge in [0.05, 0.1) is 18.0 Å². The van der Waals surface area contributed by atoms with Crippen molar-refractivity contribution in [2.75, 3.05) is 11.5 Å². The molecular weight excluding hydrogens is 264 g/mol. The van der Waals surface area contributed by atoms with E-state index in [1.165, 1.54) is 12.1 Å². The fourth-order valence-corrected chi connectivity index (χ4v) is 1.77. The SMILES string of the molecule is CCOC(=O)N(c1ccccc1)c1cccc(F)c1F. The Bertz CT molecular complexity index is 602. The number of ether oxygens (including phenoxy) is 1. The van der Waals surface area contributed by atoms with Crippen LogP contribution < -0.4 is 4.90 Å². The average molecular weight is 277 g/mol. The maximum Gasteiger partial charge on any atom is 0.419 e. The van der Waals surface area contributed by atoms with E-state index in [9.17, 15) is 13.6 Å². The van der Waals surface area contributed by atoms with Crippen LogP contribution in [0.3, 0.4) is 0 Å². The van der Waals surface area contributed by atoms with Gasteiger partial charge in [-0.15, -0.1) is 0 Å². The van der Waals surface area contributed by atoms with Crippen molar-refractivity contribution in [1.82, 2.24) is 0 Å². The van der Waals surface area contributed by atoms with Gasteiger partial charge in [0.2, 0.25) is 0 Å². The van der Waals surface area contributed by atoms with E-state index in [0.29, 0.717) is 5.69 Å². The number of hydrogen-bond acceptors (Lipinski definition) is 2. The van der Waals surface area contributed by atoms with Crippen molar-refractivity contribution < 1.29 is 18.3 Å². The Balaban J connectivity index is 2.52. The second-order valence-corrected chi connectivity index (χ2v) is 3.94. The molecule has 2 rings (SSSR count). The zero-order chi connectivity index (χ0) is 14.5. The second kappa shape index (κ2) is 6.14. The quantitative estimate of drug-likeness (QED) is 0.839. The highest BCUT2D eigenvalue weighted by Gasteiger charge is 2.23. The molecule has 0 N–H and O–H groups in total. The van der Waals surface area contributed by atoms with Crippen LogP contribution in [0.25, 0.3) is 0 Å². The first-order valence-corrected chi connectivity index (χ1v) is 6.11. The molecule has 20 heavy (non-hydrogen) atoms. The van der Waals surface area contributed by atoms with Crippen molar-refractivity contribution in [3.05, 3.63) is 60.2 Å². The molecule has 0 spiro atoms. The van der Waals surface area contributed by atoms with Crippen LogP contribution in [0.1, 0.15) is 6.92 Å². The molecule has 0 atom stereocenters. The Morgan fingerprint density at radius 1 is 1.10 bits per heavy atom. The topological polar surface area (TPSA) is 29.5 Å². The number of anilines is 2. The number of nitrogens with zero attached hydrogens (tertiary/aromatic N) is 1. The minimum atomic E-state index is -1.09. The van der Waals surface area contributed by atoms with Crippen molar-refractivity contribution in [2.45, 2.75) is 6.92 Å². The molecule has 0 unspecified atom stereocenters. The summed E-state index contributed by atoms with van der Waals surface area (Å²) in [5, 5.41) is 0. The summed E-state index contributed by atoms with van der Waals surface area (Å²) < 4.78 is 32.2. The van der Waals surface area contributed by atoms with Gasteiger partial charge in [0, 0.05) is 0 Å². The Kier molecular flexibility index (Phi) is 4.30. The van der Waals surface area contributed by atoms with Crippen LogP contribution in [0.4, 0.5) is 25.0 Å². The van der Waals surface area contributed by atoms with E-state index in [1.807, 2.05) is 0 Å². The normalized spacial score (nSPS) is 10.2. The predicted octanol–water partition coefficient (Wildman–Crippen LogP) is 4.26. The van der Waals surface area contributed by atoms with Crippen molar-refractivity contribution >= 4 is 17.5 Å². The minimum Gasteiger partial charge on any atom is -0.449 e. The lowest BCUT2D eigenvalue weighted by atomic mass is 10.2. The van der Waals surface area contributed by atoms with Crippen molar-refractivity contribution in [3.8, 4) is 0 Å². The van der Waals surface area contributed by atoms with Gasteiger partial charge in [0.1, 0.15) is 0 Å². The molecule has 0 aliphatic heterocycles. The van der Waals surface area contributed by atoms with E-state index in [0.717, 1.165) is 11.0 Å². The van der Waals surface area contributed by atoms with E-state index in [4.69, 9.17) is 4.74 Å². The molecule has 0 saturated carbocycles. The van der Waals surface area contributed by atoms with Crippen LogP contribution >= 0.6 is 0 Å². The van der Waals surface area contributed by atoms with Gasteiger partial charge in [-0.05, 0) is 31.2 Å². The predicted molar refractivity (Wildman–Crippen MR) is 72.0 cm³/mol. The first-order chi connectivity index (χ1) is 9.65. The molecule has 3 nitrogen and oxygen atoms in total. The highest BCUT2D eigenvalue weighted by Crippen LogP contribution is 2.29. The molecule has 0 aliphatic carbocycles. The molecule has 2 aromatic carbocycles. The van der Waals surface area contributed by atoms with Gasteiger partial charge in [-0.25, -0.2) is 18.5 Å². The van der Waals surface area contributed by atoms with Crippen LogP contribution in [-0.4, -0.2) is 12.7 Å². The molecular formula is C15H13F2NO2. The van der Waals surface area contributed by atoms with E-state index in [-0.39, 0.29) is 12.3 Å². The fraction of sp³-hybridized carbons (Fsp3) is 0.133. The first-order valence-electron chi connectivity index (χ1n) is 6.11. The van der Waals surface area contributed by atoms with Gasteiger partial charge in [-0.1, -0.05) is 24.3 Å². The van der Waals surface area contributed by atoms with Gasteiger partial charge >= 0.3 is 6.09 Å². The van der Waals surface area contributed by atoms with Crippen molar-refractivity contribution in [2.24, 2.45) is 0 Å². The monoisotopic (exact) mass is 277 g/mol. The van der Waals surface area contributed by atoms with Gasteiger partial charge in [0.15, 0.2) is 11.6 Å². The zero-order valence-corrected chi connectivity index (χ0v) is 10.8. The van der Waals surface area contributed by atoms with Crippen LogP contribution in [-0.2, 0) is 4.74 Å². The van der Waals surface area contributed by atoms with Crippen LogP contribution in [0, 0.1) is 11.6 Å². The zero-order valence-electron chi connectivity index (χ0n) is 10.8. The number of hydrogen-bond donors (Lipinski definition) is 0. The van der Waals surface area contributed by atoms with Crippen LogP contribution in [0.2, 0.25) is 0 Å². The highest BCUT2D eigenvalue weighted by molar-refractivity contribution is 5.96. The summed E-state index contributed by atoms with van der Waals surface area (Å²) in [5.74, 6) is -2.11. The second-order valence-electron chi connectivity index (χ2n) is 3.94. The molecule has 0 fully saturated rings. The molecule has 104 valence electrons. The van der Waals surface area contributed by atoms with E-state index in [1.54, 1.807) is 37.3 Å². The van der Waals surface area contributed by atoms with E-state index >= 15 is 0 Å². The largest absolute Gasteiger partial charge is 0.449 e. The Hall–Kier alpha value is -2.43. The maximum absolute atomic E-state index is 13.9. The number of carbonyl (C=O) groups excluding carboxylic acids is 1. The Labute approximate surface area is 115 Å². The van der Waals surface area contributed by atoms with Crippen LogP contribution in [0.5, 0.6) is 0 Å². The average Bonchev–Trinajstić information content (AvgIpc) is 2.45. The minimum absolute atomic E-state index is 0.138. The highest BCUT2D eigenvalue weighted by atomic mass is 19.2. The summed E-state index contributed by atoms with van der Waals surface area (Å²) in [4.78, 5) is 13.0. The lowest BCUT2D eigenvalue weighted by Crippen LogP contribution is -2.27. The molecule has 2 aromatic rings. The summed E-state index contributed by atoms with van der Waals surface area (Å²) in [6.45, 7) is 1.78. The lowest BCUT2D eigenvalue weighted by molar-refractivity contribution is 0.162. The molecule has 1 amide bonds. The summed E-state index contributed by atoms with van der Waals surface area (Å²) in [6.07, 6.45) is -0.761. The molecule has 5 heteroatoms. The molecule has 0 radical (unpaired) electrons. The Morgan fingerprint density at radius 2 is 1.80 bits per heavy atom. The number of benzene rings is 2. The molecule has 0 heterocycles. The third-order valence-electron chi connectivity index (χ3n) is 2.64. The van der Waals surface area contributed by atoms with E-state index in [2.05, 4.69) is 0 Å². The number of halogens is 2. The standard InChI is InChI=1S/C15H13F2NO2/c1-2-20-15(19)18(11-7-4-3-5-8-11)13-10-6-9-12(16)14(13)17/h3-10H,2H2,1H3. The number of amides is 1. The number of para-hydroxylation sites is 1. The van der Waals surface area contributed by atoms with Gasteiger partial charge in [-0.3, -0.25) is 0 Å². The molecule has 0 aliphatic rings. The Morgan fingerprint density at radius 3 is 2.45 bits per heavy atom. The van der Waals surface area contributed by atoms with Crippen molar-refractivity contribution in [3.63, 3.8) is 0 Å². The van der Waals surface area contributed by atoms with Gasteiger partial charge < -0.3 is 4.74 Å². The summed E-state index contributed by atoms with van der Waals surface area (Å²) >= 11 is 0. The number of rotatable bonds is 3. The third-order valence-corrected chi connectivity index (χ3v) is 2.64. The maximum atomic E-state index is 13.9. The molecule has 0 aromatic heterocycles. The van der Waals surface area contributed by atoms with Gasteiger partial charge in [0.25, 0.3) is 0 Å². The van der Waals surface area contributed by atoms with E-state index < -0.39 is 17.7 Å². The summed E-state index contributed by atoms with van der Waals surface area (Å²) in [5.41, 5.74) is 0.213. The third kappa shape index (κ3) is 2.77. The first kappa shape index (κ1) is 14.0. The van der Waals surface area contributed by atoms with Crippen molar-refractivity contribution in [1.29, 1.82) is 0 Å². The fourth-order valence-electron chi connectivity index (χ4n) is 1.77. The van der Waals surface area contributed by atoms with Crippen LogP contribution in [0.15, 0.2) is 48.5 Å². The lowest BCUT2D eigenvalue weighted by Gasteiger charge is -2.22. The van der Waals surface area contributed by atoms with Gasteiger partial charge in [-0.2, -0.15) is 0 Å². The smallest absolute Gasteiger partial charge is 0.419 e. The summed E-state index contributed by atoms with van der Waals surface area (Å²) in [7, 11) is 0. The number of carbonyl (C=O) groups is 1.